The maximum Gasteiger partial charge on any atom is 0.409 e. The van der Waals surface area contributed by atoms with Crippen molar-refractivity contribution in [1.82, 2.24) is 4.90 Å². The van der Waals surface area contributed by atoms with Crippen LogP contribution in [0.25, 0.3) is 0 Å². The Hall–Kier alpha value is -2.28. The van der Waals surface area contributed by atoms with Gasteiger partial charge in [-0.05, 0) is 49.3 Å². The Morgan fingerprint density at radius 3 is 2.41 bits per heavy atom. The first kappa shape index (κ1) is 26.0. The summed E-state index contributed by atoms with van der Waals surface area (Å²) >= 11 is 0. The lowest BCUT2D eigenvalue weighted by Gasteiger charge is -2.29. The van der Waals surface area contributed by atoms with Crippen LogP contribution in [0.4, 0.5) is 4.79 Å². The molecule has 1 amide bonds. The molecule has 0 saturated heterocycles. The second-order valence-corrected chi connectivity index (χ2v) is 8.90. The molecule has 1 aliphatic carbocycles. The molecule has 1 atom stereocenters. The van der Waals surface area contributed by atoms with Crippen LogP contribution >= 0.6 is 0 Å². The third-order valence-electron chi connectivity index (χ3n) is 5.62. The van der Waals surface area contributed by atoms with Gasteiger partial charge in [-0.15, -0.1) is 0 Å². The largest absolute Gasteiger partial charge is 0.492 e. The van der Waals surface area contributed by atoms with E-state index in [4.69, 9.17) is 14.2 Å². The number of carboxylic acids is 1. The molecule has 7 heteroatoms. The number of amides is 1. The SMILES string of the molecule is CCOC(Cc1ccc(OCCN(CC2CCCCC2)C(=O)OCC(C)C)cc1)C(=O)O. The maximum atomic E-state index is 12.6. The van der Waals surface area contributed by atoms with E-state index in [0.29, 0.717) is 56.9 Å². The third-order valence-corrected chi connectivity index (χ3v) is 5.62. The van der Waals surface area contributed by atoms with Gasteiger partial charge in [0.25, 0.3) is 0 Å². The van der Waals surface area contributed by atoms with Gasteiger partial charge in [0.2, 0.25) is 0 Å². The standard InChI is InChI=1S/C25H39NO6/c1-4-30-23(24(27)28)16-20-10-12-22(13-11-20)31-15-14-26(25(29)32-18-19(2)3)17-21-8-6-5-7-9-21/h10-13,19,21,23H,4-9,14-18H2,1-3H3,(H,27,28). The van der Waals surface area contributed by atoms with E-state index >= 15 is 0 Å². The summed E-state index contributed by atoms with van der Waals surface area (Å²) < 4.78 is 16.6. The van der Waals surface area contributed by atoms with Crippen LogP contribution in [0.1, 0.15) is 58.4 Å². The maximum absolute atomic E-state index is 12.6. The van der Waals surface area contributed by atoms with E-state index in [-0.39, 0.29) is 6.09 Å². The fourth-order valence-electron chi connectivity index (χ4n) is 3.90. The summed E-state index contributed by atoms with van der Waals surface area (Å²) in [4.78, 5) is 25.6. The molecule has 0 aliphatic heterocycles. The van der Waals surface area contributed by atoms with Crippen molar-refractivity contribution in [2.45, 2.75) is 65.4 Å². The number of rotatable bonds is 13. The quantitative estimate of drug-likeness (QED) is 0.467. The molecule has 1 aliphatic rings. The number of hydrogen-bond donors (Lipinski definition) is 1. The van der Waals surface area contributed by atoms with Crippen molar-refractivity contribution in [3.05, 3.63) is 29.8 Å². The molecule has 0 aromatic heterocycles. The van der Waals surface area contributed by atoms with Gasteiger partial charge in [-0.25, -0.2) is 9.59 Å². The molecule has 1 fully saturated rings. The Morgan fingerprint density at radius 2 is 1.81 bits per heavy atom. The van der Waals surface area contributed by atoms with Crippen LogP contribution in [0.2, 0.25) is 0 Å². The molecule has 0 radical (unpaired) electrons. The normalized spacial score (nSPS) is 15.4. The molecule has 1 aromatic rings. The van der Waals surface area contributed by atoms with Gasteiger partial charge in [0.05, 0.1) is 13.2 Å². The molecular formula is C25H39NO6. The van der Waals surface area contributed by atoms with Gasteiger partial charge < -0.3 is 24.2 Å². The van der Waals surface area contributed by atoms with Crippen molar-refractivity contribution < 1.29 is 28.9 Å². The molecule has 2 rings (SSSR count). The van der Waals surface area contributed by atoms with Crippen molar-refractivity contribution in [3.8, 4) is 5.75 Å². The molecule has 7 nitrogen and oxygen atoms in total. The Labute approximate surface area is 192 Å². The average molecular weight is 450 g/mol. The number of benzene rings is 1. The van der Waals surface area contributed by atoms with Crippen LogP contribution in [0, 0.1) is 11.8 Å². The molecule has 180 valence electrons. The van der Waals surface area contributed by atoms with Crippen molar-refractivity contribution in [2.75, 3.05) is 32.9 Å². The summed E-state index contributed by atoms with van der Waals surface area (Å²) in [5.41, 5.74) is 0.870. The highest BCUT2D eigenvalue weighted by molar-refractivity contribution is 5.72. The van der Waals surface area contributed by atoms with Gasteiger partial charge in [0.15, 0.2) is 6.10 Å². The predicted molar refractivity (Wildman–Crippen MR) is 123 cm³/mol. The molecule has 1 aromatic carbocycles. The number of ether oxygens (including phenoxy) is 3. The first-order chi connectivity index (χ1) is 15.4. The smallest absolute Gasteiger partial charge is 0.409 e. The lowest BCUT2D eigenvalue weighted by Crippen LogP contribution is -2.39. The zero-order valence-corrected chi connectivity index (χ0v) is 19.8. The minimum absolute atomic E-state index is 0.265. The van der Waals surface area contributed by atoms with E-state index in [9.17, 15) is 14.7 Å². The second-order valence-electron chi connectivity index (χ2n) is 8.90. The summed E-state index contributed by atoms with van der Waals surface area (Å²) in [5.74, 6) is 0.552. The van der Waals surface area contributed by atoms with Crippen LogP contribution in [0.15, 0.2) is 24.3 Å². The molecule has 32 heavy (non-hydrogen) atoms. The van der Waals surface area contributed by atoms with Crippen molar-refractivity contribution in [2.24, 2.45) is 11.8 Å². The Morgan fingerprint density at radius 1 is 1.12 bits per heavy atom. The van der Waals surface area contributed by atoms with E-state index in [0.717, 1.165) is 18.4 Å². The molecule has 1 unspecified atom stereocenters. The lowest BCUT2D eigenvalue weighted by molar-refractivity contribution is -0.149. The fourth-order valence-corrected chi connectivity index (χ4v) is 3.90. The van der Waals surface area contributed by atoms with Crippen LogP contribution in [-0.4, -0.2) is 61.1 Å². The lowest BCUT2D eigenvalue weighted by atomic mass is 9.89. The van der Waals surface area contributed by atoms with Crippen molar-refractivity contribution in [1.29, 1.82) is 0 Å². The van der Waals surface area contributed by atoms with Gasteiger partial charge in [0, 0.05) is 19.6 Å². The highest BCUT2D eigenvalue weighted by Gasteiger charge is 2.22. The van der Waals surface area contributed by atoms with E-state index in [1.807, 2.05) is 38.1 Å². The third kappa shape index (κ3) is 9.47. The zero-order chi connectivity index (χ0) is 23.3. The summed E-state index contributed by atoms with van der Waals surface area (Å²) in [5, 5.41) is 9.23. The van der Waals surface area contributed by atoms with Crippen LogP contribution in [-0.2, 0) is 20.7 Å². The average Bonchev–Trinajstić information content (AvgIpc) is 2.78. The topological polar surface area (TPSA) is 85.3 Å². The van der Waals surface area contributed by atoms with Crippen LogP contribution in [0.3, 0.4) is 0 Å². The number of nitrogens with zero attached hydrogens (tertiary/aromatic N) is 1. The Bertz CT molecular complexity index is 684. The number of carboxylic acid groups (broad SMARTS) is 1. The highest BCUT2D eigenvalue weighted by Crippen LogP contribution is 2.24. The molecular weight excluding hydrogens is 410 g/mol. The number of carbonyl (C=O) groups is 2. The van der Waals surface area contributed by atoms with Crippen molar-refractivity contribution >= 4 is 12.1 Å². The van der Waals surface area contributed by atoms with Crippen molar-refractivity contribution in [3.63, 3.8) is 0 Å². The summed E-state index contributed by atoms with van der Waals surface area (Å²) in [6, 6.07) is 7.34. The minimum Gasteiger partial charge on any atom is -0.492 e. The molecule has 0 heterocycles. The van der Waals surface area contributed by atoms with Gasteiger partial charge >= 0.3 is 12.1 Å². The Kier molecular flexibility index (Phi) is 11.4. The molecule has 1 N–H and O–H groups in total. The molecule has 0 spiro atoms. The van der Waals surface area contributed by atoms with E-state index < -0.39 is 12.1 Å². The first-order valence-electron chi connectivity index (χ1n) is 11.9. The highest BCUT2D eigenvalue weighted by atomic mass is 16.6. The number of hydrogen-bond acceptors (Lipinski definition) is 5. The van der Waals surface area contributed by atoms with Gasteiger partial charge in [-0.1, -0.05) is 45.2 Å². The summed E-state index contributed by atoms with van der Waals surface area (Å²) in [6.07, 6.45) is 5.26. The monoisotopic (exact) mass is 449 g/mol. The second kappa shape index (κ2) is 14.0. The van der Waals surface area contributed by atoms with Gasteiger partial charge in [0.1, 0.15) is 12.4 Å². The predicted octanol–water partition coefficient (Wildman–Crippen LogP) is 4.77. The molecule has 1 saturated carbocycles. The minimum atomic E-state index is -0.963. The Balaban J connectivity index is 1.86. The fraction of sp³-hybridized carbons (Fsp3) is 0.680. The number of carbonyl (C=O) groups excluding carboxylic acids is 1. The molecule has 0 bridgehead atoms. The van der Waals surface area contributed by atoms with Gasteiger partial charge in [-0.2, -0.15) is 0 Å². The van der Waals surface area contributed by atoms with Gasteiger partial charge in [-0.3, -0.25) is 0 Å². The van der Waals surface area contributed by atoms with Crippen LogP contribution < -0.4 is 4.74 Å². The summed E-state index contributed by atoms with van der Waals surface area (Å²) in [6.45, 7) is 8.17. The summed E-state index contributed by atoms with van der Waals surface area (Å²) in [7, 11) is 0. The van der Waals surface area contributed by atoms with Crippen LogP contribution in [0.5, 0.6) is 5.75 Å². The zero-order valence-electron chi connectivity index (χ0n) is 19.8. The van der Waals surface area contributed by atoms with E-state index in [2.05, 4.69) is 0 Å². The van der Waals surface area contributed by atoms with E-state index in [1.165, 1.54) is 19.3 Å². The van der Waals surface area contributed by atoms with E-state index in [1.54, 1.807) is 11.8 Å². The number of aliphatic carboxylic acids is 1. The first-order valence-corrected chi connectivity index (χ1v) is 11.9.